The van der Waals surface area contributed by atoms with E-state index < -0.39 is 6.09 Å². The second kappa shape index (κ2) is 5.39. The lowest BCUT2D eigenvalue weighted by molar-refractivity contribution is 0.106. The van der Waals surface area contributed by atoms with Crippen LogP contribution in [0.15, 0.2) is 18.5 Å². The van der Waals surface area contributed by atoms with Crippen molar-refractivity contribution in [2.24, 2.45) is 0 Å². The topological polar surface area (TPSA) is 60.5 Å². The lowest BCUT2D eigenvalue weighted by Crippen LogP contribution is -2.44. The van der Waals surface area contributed by atoms with Gasteiger partial charge in [0.15, 0.2) is 0 Å². The van der Waals surface area contributed by atoms with Crippen LogP contribution in [0.5, 0.6) is 0 Å². The standard InChI is InChI=1S/C16H21N3O2/c1-11-6-8-18-10-13(17-15(18)12(11)2)9-14-5-3-4-7-19(14)16(20)21/h6,8,10,14H,3-5,7,9H2,1-2H3,(H,20,21)/p+1/t14-/m0/s1. The zero-order valence-electron chi connectivity index (χ0n) is 12.6. The summed E-state index contributed by atoms with van der Waals surface area (Å²) in [5, 5.41) is 7.40. The number of hydrogen-bond donors (Lipinski definition) is 0. The molecule has 3 heterocycles. The molecule has 0 unspecified atom stereocenters. The number of fused-ring (bicyclic) bond motifs is 1. The van der Waals surface area contributed by atoms with Crippen molar-refractivity contribution in [3.8, 4) is 0 Å². The van der Waals surface area contributed by atoms with Gasteiger partial charge in [-0.2, -0.15) is 0 Å². The monoisotopic (exact) mass is 288 g/mol. The molecule has 1 aliphatic heterocycles. The van der Waals surface area contributed by atoms with E-state index in [4.69, 9.17) is 10.1 Å². The average molecular weight is 288 g/mol. The molecule has 1 saturated heterocycles. The van der Waals surface area contributed by atoms with Gasteiger partial charge in [0.05, 0.1) is 10.5 Å². The Labute approximate surface area is 124 Å². The first-order valence-electron chi connectivity index (χ1n) is 7.52. The van der Waals surface area contributed by atoms with Crippen molar-refractivity contribution in [2.75, 3.05) is 6.54 Å². The molecule has 1 fully saturated rings. The minimum atomic E-state index is -0.560. The Bertz CT molecular complexity index is 677. The third-order valence-electron chi connectivity index (χ3n) is 4.53. The van der Waals surface area contributed by atoms with E-state index in [0.29, 0.717) is 6.54 Å². The summed E-state index contributed by atoms with van der Waals surface area (Å²) >= 11 is 0. The predicted molar refractivity (Wildman–Crippen MR) is 81.7 cm³/mol. The quantitative estimate of drug-likeness (QED) is 0.795. The summed E-state index contributed by atoms with van der Waals surface area (Å²) in [7, 11) is 0. The summed E-state index contributed by atoms with van der Waals surface area (Å²) in [5.41, 5.74) is 4.42. The Balaban J connectivity index is 1.87. The zero-order chi connectivity index (χ0) is 15.0. The van der Waals surface area contributed by atoms with Crippen molar-refractivity contribution in [1.29, 1.82) is 0 Å². The van der Waals surface area contributed by atoms with Crippen LogP contribution in [0.1, 0.15) is 36.1 Å². The number of rotatable bonds is 2. The van der Waals surface area contributed by atoms with Gasteiger partial charge in [-0.3, -0.25) is 4.90 Å². The average Bonchev–Trinajstić information content (AvgIpc) is 2.87. The number of carbonyl (C=O) groups excluding carboxylic acids is 1. The maximum Gasteiger partial charge on any atom is 0.629 e. The Morgan fingerprint density at radius 2 is 2.24 bits per heavy atom. The molecular weight excluding hydrogens is 266 g/mol. The molecule has 1 aliphatic rings. The van der Waals surface area contributed by atoms with E-state index in [1.807, 2.05) is 16.8 Å². The fourth-order valence-electron chi connectivity index (χ4n) is 3.15. The number of aromatic nitrogens is 2. The first-order chi connectivity index (χ1) is 10.1. The van der Waals surface area contributed by atoms with Gasteiger partial charge in [0.2, 0.25) is 0 Å². The summed E-state index contributed by atoms with van der Waals surface area (Å²) in [5.74, 6) is 0. The molecule has 0 spiro atoms. The van der Waals surface area contributed by atoms with Crippen molar-refractivity contribution in [2.45, 2.75) is 45.6 Å². The molecule has 2 N–H and O–H groups in total. The first kappa shape index (κ1) is 13.9. The number of piperidine rings is 1. The van der Waals surface area contributed by atoms with Crippen LogP contribution in [0.3, 0.4) is 0 Å². The zero-order valence-corrected chi connectivity index (χ0v) is 12.6. The molecule has 2 aromatic rings. The van der Waals surface area contributed by atoms with Gasteiger partial charge >= 0.3 is 6.09 Å². The predicted octanol–water partition coefficient (Wildman–Crippen LogP) is 2.19. The van der Waals surface area contributed by atoms with Crippen molar-refractivity contribution in [3.05, 3.63) is 35.3 Å². The van der Waals surface area contributed by atoms with Gasteiger partial charge < -0.3 is 9.51 Å². The van der Waals surface area contributed by atoms with Crippen LogP contribution in [0.4, 0.5) is 4.79 Å². The van der Waals surface area contributed by atoms with Gasteiger partial charge in [-0.25, -0.2) is 4.98 Å². The number of nitrogens with zero attached hydrogens (tertiary/aromatic N) is 3. The first-order valence-corrected chi connectivity index (χ1v) is 7.52. The second-order valence-electron chi connectivity index (χ2n) is 5.94. The summed E-state index contributed by atoms with van der Waals surface area (Å²) in [6.07, 6.45) is 7.35. The summed E-state index contributed by atoms with van der Waals surface area (Å²) < 4.78 is 2.05. The molecule has 1 amide bonds. The summed E-state index contributed by atoms with van der Waals surface area (Å²) in [6.45, 7) is 4.88. The van der Waals surface area contributed by atoms with Crippen molar-refractivity contribution < 1.29 is 9.90 Å². The molecule has 112 valence electrons. The second-order valence-corrected chi connectivity index (χ2v) is 5.94. The lowest BCUT2D eigenvalue weighted by Gasteiger charge is -2.30. The fourth-order valence-corrected chi connectivity index (χ4v) is 3.15. The van der Waals surface area contributed by atoms with Crippen LogP contribution in [-0.4, -0.2) is 38.1 Å². The number of hydrogen-bond acceptors (Lipinski definition) is 2. The Kier molecular flexibility index (Phi) is 3.57. The van der Waals surface area contributed by atoms with Gasteiger partial charge in [-0.15, -0.1) is 0 Å². The van der Waals surface area contributed by atoms with E-state index >= 15 is 0 Å². The fraction of sp³-hybridized carbons (Fsp3) is 0.500. The van der Waals surface area contributed by atoms with Crippen LogP contribution >= 0.6 is 0 Å². The van der Waals surface area contributed by atoms with Crippen molar-refractivity contribution >= 4 is 11.7 Å². The maximum atomic E-state index is 11.4. The summed E-state index contributed by atoms with van der Waals surface area (Å²) in [6, 6.07) is 2.21. The third kappa shape index (κ3) is 2.60. The van der Waals surface area contributed by atoms with Gasteiger partial charge in [0.25, 0.3) is 0 Å². The molecule has 5 nitrogen and oxygen atoms in total. The van der Waals surface area contributed by atoms with Crippen LogP contribution < -0.4 is 0 Å². The van der Waals surface area contributed by atoms with E-state index in [1.165, 1.54) is 11.1 Å². The van der Waals surface area contributed by atoms with E-state index in [0.717, 1.165) is 37.0 Å². The molecule has 0 bridgehead atoms. The smallest absolute Gasteiger partial charge is 0.547 e. The Hall–Kier alpha value is -2.04. The van der Waals surface area contributed by atoms with Crippen LogP contribution in [0.2, 0.25) is 0 Å². The minimum absolute atomic E-state index is 0.120. The Morgan fingerprint density at radius 1 is 1.43 bits per heavy atom. The molecule has 0 aliphatic carbocycles. The number of pyridine rings is 1. The highest BCUT2D eigenvalue weighted by atomic mass is 16.4. The normalized spacial score (nSPS) is 19.1. The van der Waals surface area contributed by atoms with E-state index in [2.05, 4.69) is 19.9 Å². The minimum Gasteiger partial charge on any atom is -0.547 e. The number of carbonyl (C=O) groups is 1. The summed E-state index contributed by atoms with van der Waals surface area (Å²) in [4.78, 5) is 17.8. The van der Waals surface area contributed by atoms with Crippen LogP contribution in [0.25, 0.3) is 5.65 Å². The Morgan fingerprint density at radius 3 is 3.00 bits per heavy atom. The molecule has 0 aromatic carbocycles. The lowest BCUT2D eigenvalue weighted by atomic mass is 9.99. The number of likely N-dealkylation sites (tertiary alicyclic amines) is 1. The maximum absolute atomic E-state index is 11.4. The number of amides is 1. The SMILES string of the molecule is Cc1ccn2cc(C[C@@H]3CCCCN3C(=O)[OH2+])nc2c1C. The largest absolute Gasteiger partial charge is 0.629 e. The highest BCUT2D eigenvalue weighted by Gasteiger charge is 2.31. The molecule has 0 saturated carbocycles. The van der Waals surface area contributed by atoms with E-state index in [9.17, 15) is 4.79 Å². The molecule has 3 rings (SSSR count). The highest BCUT2D eigenvalue weighted by molar-refractivity contribution is 5.65. The van der Waals surface area contributed by atoms with Gasteiger partial charge in [0, 0.05) is 31.4 Å². The van der Waals surface area contributed by atoms with Gasteiger partial charge in [-0.1, -0.05) is 0 Å². The van der Waals surface area contributed by atoms with E-state index in [1.54, 1.807) is 4.90 Å². The molecule has 1 atom stereocenters. The molecule has 21 heavy (non-hydrogen) atoms. The molecule has 0 radical (unpaired) electrons. The van der Waals surface area contributed by atoms with Gasteiger partial charge in [0.1, 0.15) is 5.65 Å². The molecule has 2 aromatic heterocycles. The third-order valence-corrected chi connectivity index (χ3v) is 4.53. The van der Waals surface area contributed by atoms with Crippen LogP contribution in [0, 0.1) is 13.8 Å². The van der Waals surface area contributed by atoms with E-state index in [-0.39, 0.29) is 6.04 Å². The molecule has 5 heteroatoms. The van der Waals surface area contributed by atoms with Gasteiger partial charge in [-0.05, 0) is 50.3 Å². The number of aryl methyl sites for hydroxylation is 2. The number of imidazole rings is 1. The molecular formula is C16H22N3O2+. The van der Waals surface area contributed by atoms with Crippen molar-refractivity contribution in [3.63, 3.8) is 0 Å². The highest BCUT2D eigenvalue weighted by Crippen LogP contribution is 2.22. The van der Waals surface area contributed by atoms with Crippen LogP contribution in [-0.2, 0) is 6.42 Å². The van der Waals surface area contributed by atoms with Crippen molar-refractivity contribution in [1.82, 2.24) is 14.3 Å².